The van der Waals surface area contributed by atoms with Crippen molar-refractivity contribution in [1.29, 1.82) is 0 Å². The third-order valence-electron chi connectivity index (χ3n) is 5.73. The van der Waals surface area contributed by atoms with Gasteiger partial charge < -0.3 is 24.8 Å². The zero-order valence-corrected chi connectivity index (χ0v) is 18.6. The van der Waals surface area contributed by atoms with Crippen molar-refractivity contribution >= 4 is 22.7 Å². The molecule has 4 rings (SSSR count). The third-order valence-corrected chi connectivity index (χ3v) is 5.73. The molecule has 1 aliphatic rings. The van der Waals surface area contributed by atoms with Gasteiger partial charge in [0.05, 0.1) is 0 Å². The quantitative estimate of drug-likeness (QED) is 0.551. The molecule has 1 aromatic heterocycles. The van der Waals surface area contributed by atoms with Crippen LogP contribution in [0.3, 0.4) is 0 Å². The Balaban J connectivity index is 1.75. The maximum Gasteiger partial charge on any atom is 0.407 e. The number of ether oxygens (including phenoxy) is 2. The summed E-state index contributed by atoms with van der Waals surface area (Å²) in [5, 5.41) is 23.8. The van der Waals surface area contributed by atoms with E-state index in [0.29, 0.717) is 24.7 Å². The van der Waals surface area contributed by atoms with Gasteiger partial charge in [-0.25, -0.2) is 4.79 Å². The molecular formula is C24H28N4O4. The summed E-state index contributed by atoms with van der Waals surface area (Å²) in [7, 11) is 1.59. The first-order chi connectivity index (χ1) is 15.5. The van der Waals surface area contributed by atoms with Crippen LogP contribution in [0, 0.1) is 13.8 Å². The topological polar surface area (TPSA) is 96.8 Å². The Morgan fingerprint density at radius 1 is 1.22 bits per heavy atom. The highest BCUT2D eigenvalue weighted by Gasteiger charge is 2.25. The lowest BCUT2D eigenvalue weighted by molar-refractivity contribution is 0.0514. The Hall–Kier alpha value is -3.39. The number of aromatic nitrogens is 2. The molecule has 0 spiro atoms. The number of amides is 1. The predicted molar refractivity (Wildman–Crippen MR) is 123 cm³/mol. The number of benzene rings is 2. The second-order valence-electron chi connectivity index (χ2n) is 8.16. The van der Waals surface area contributed by atoms with Gasteiger partial charge in [-0.3, -0.25) is 0 Å². The monoisotopic (exact) mass is 436 g/mol. The van der Waals surface area contributed by atoms with Crippen LogP contribution < -0.4 is 10.1 Å². The Kier molecular flexibility index (Phi) is 6.41. The minimum atomic E-state index is -0.888. The third kappa shape index (κ3) is 4.45. The number of aryl methyl sites for hydroxylation is 2. The minimum Gasteiger partial charge on any atom is -0.467 e. The Morgan fingerprint density at radius 3 is 2.75 bits per heavy atom. The van der Waals surface area contributed by atoms with Gasteiger partial charge in [0.25, 0.3) is 0 Å². The van der Waals surface area contributed by atoms with Crippen molar-refractivity contribution in [1.82, 2.24) is 15.1 Å². The van der Waals surface area contributed by atoms with Crippen LogP contribution in [0.1, 0.15) is 24.0 Å². The van der Waals surface area contributed by atoms with Crippen LogP contribution in [0.4, 0.5) is 10.6 Å². The number of piperidine rings is 1. The highest BCUT2D eigenvalue weighted by molar-refractivity contribution is 6.01. The first kappa shape index (κ1) is 21.8. The lowest BCUT2D eigenvalue weighted by Gasteiger charge is -2.31. The molecule has 8 heteroatoms. The molecule has 1 fully saturated rings. The molecule has 168 valence electrons. The van der Waals surface area contributed by atoms with Gasteiger partial charge in [0, 0.05) is 42.6 Å². The number of fused-ring (bicyclic) bond motifs is 1. The Bertz CT molecular complexity index is 1130. The number of methoxy groups -OCH3 is 1. The molecule has 0 unspecified atom stereocenters. The fraction of sp³-hybridized carbons (Fsp3) is 0.375. The van der Waals surface area contributed by atoms with Gasteiger partial charge in [-0.1, -0.05) is 30.3 Å². The van der Waals surface area contributed by atoms with Crippen molar-refractivity contribution in [3.63, 3.8) is 0 Å². The van der Waals surface area contributed by atoms with Gasteiger partial charge in [0.2, 0.25) is 0 Å². The van der Waals surface area contributed by atoms with Gasteiger partial charge in [-0.05, 0) is 43.9 Å². The summed E-state index contributed by atoms with van der Waals surface area (Å²) in [6, 6.07) is 12.0. The molecule has 1 aliphatic heterocycles. The molecule has 3 aromatic rings. The van der Waals surface area contributed by atoms with Crippen molar-refractivity contribution in [2.75, 3.05) is 32.3 Å². The maximum atomic E-state index is 11.4. The summed E-state index contributed by atoms with van der Waals surface area (Å²) in [6.07, 6.45) is 0.810. The molecule has 8 nitrogen and oxygen atoms in total. The molecule has 1 atom stereocenters. The van der Waals surface area contributed by atoms with E-state index in [4.69, 9.17) is 9.47 Å². The number of hydrogen-bond donors (Lipinski definition) is 2. The number of hydrogen-bond acceptors (Lipinski definition) is 6. The zero-order chi connectivity index (χ0) is 22.7. The summed E-state index contributed by atoms with van der Waals surface area (Å²) < 4.78 is 11.0. The average molecular weight is 437 g/mol. The molecule has 1 amide bonds. The van der Waals surface area contributed by atoms with E-state index >= 15 is 0 Å². The lowest BCUT2D eigenvalue weighted by atomic mass is 9.97. The van der Waals surface area contributed by atoms with Crippen LogP contribution in [0.2, 0.25) is 0 Å². The van der Waals surface area contributed by atoms with Gasteiger partial charge >= 0.3 is 6.09 Å². The minimum absolute atomic E-state index is 0.00915. The fourth-order valence-electron chi connectivity index (χ4n) is 4.33. The van der Waals surface area contributed by atoms with Crippen LogP contribution in [0.15, 0.2) is 36.4 Å². The summed E-state index contributed by atoms with van der Waals surface area (Å²) in [4.78, 5) is 12.8. The normalized spacial score (nSPS) is 16.2. The molecule has 2 aromatic carbocycles. The highest BCUT2D eigenvalue weighted by atomic mass is 16.7. The zero-order valence-electron chi connectivity index (χ0n) is 18.6. The van der Waals surface area contributed by atoms with E-state index in [9.17, 15) is 9.90 Å². The van der Waals surface area contributed by atoms with Gasteiger partial charge in [0.1, 0.15) is 11.4 Å². The van der Waals surface area contributed by atoms with Gasteiger partial charge in [-0.15, -0.1) is 10.2 Å². The van der Waals surface area contributed by atoms with Crippen molar-refractivity contribution in [2.24, 2.45) is 0 Å². The van der Waals surface area contributed by atoms with E-state index in [1.54, 1.807) is 7.11 Å². The fourth-order valence-corrected chi connectivity index (χ4v) is 4.33. The number of carbonyl (C=O) groups is 1. The van der Waals surface area contributed by atoms with Crippen LogP contribution >= 0.6 is 0 Å². The number of rotatable bonds is 6. The van der Waals surface area contributed by atoms with Crippen LogP contribution in [0.5, 0.6) is 5.75 Å². The van der Waals surface area contributed by atoms with Gasteiger partial charge in [0.15, 0.2) is 12.6 Å². The summed E-state index contributed by atoms with van der Waals surface area (Å²) >= 11 is 0. The predicted octanol–water partition coefficient (Wildman–Crippen LogP) is 4.45. The largest absolute Gasteiger partial charge is 0.467 e. The van der Waals surface area contributed by atoms with E-state index in [-0.39, 0.29) is 12.8 Å². The standard InChI is InChI=1S/C24H28N4O4/c1-15-11-16(2)21(20(12-15)32-14-31-3)22-18-8-4-5-9-19(18)23(27-26-22)25-17-7-6-10-28(13-17)24(29)30/h4-5,8-9,11-12,17H,6-7,10,13-14H2,1-3H3,(H,25,27)(H,29,30)/t17-/m1/s1. The number of likely N-dealkylation sites (tertiary alicyclic amines) is 1. The number of carboxylic acid groups (broad SMARTS) is 1. The molecule has 0 aliphatic carbocycles. The van der Waals surface area contributed by atoms with E-state index in [0.717, 1.165) is 46.0 Å². The first-order valence-corrected chi connectivity index (χ1v) is 10.7. The van der Waals surface area contributed by atoms with E-state index in [1.807, 2.05) is 44.2 Å². The molecule has 0 saturated carbocycles. The molecule has 2 heterocycles. The smallest absolute Gasteiger partial charge is 0.407 e. The van der Waals surface area contributed by atoms with E-state index in [1.165, 1.54) is 4.90 Å². The second-order valence-corrected chi connectivity index (χ2v) is 8.16. The summed E-state index contributed by atoms with van der Waals surface area (Å²) in [5.74, 6) is 1.36. The first-order valence-electron chi connectivity index (χ1n) is 10.7. The lowest BCUT2D eigenvalue weighted by Crippen LogP contribution is -2.44. The van der Waals surface area contributed by atoms with Crippen molar-refractivity contribution in [2.45, 2.75) is 32.7 Å². The van der Waals surface area contributed by atoms with Crippen LogP contribution in [-0.4, -0.2) is 59.3 Å². The number of nitrogens with zero attached hydrogens (tertiary/aromatic N) is 3. The van der Waals surface area contributed by atoms with Crippen molar-refractivity contribution in [3.8, 4) is 17.0 Å². The second kappa shape index (κ2) is 9.40. The molecular weight excluding hydrogens is 408 g/mol. The van der Waals surface area contributed by atoms with Crippen LogP contribution in [0.25, 0.3) is 22.0 Å². The SMILES string of the molecule is COCOc1cc(C)cc(C)c1-c1nnc(N[C@@H]2CCCN(C(=O)O)C2)c2ccccc12. The molecule has 0 bridgehead atoms. The van der Waals surface area contributed by atoms with Crippen LogP contribution in [-0.2, 0) is 4.74 Å². The Morgan fingerprint density at radius 2 is 2.00 bits per heavy atom. The maximum absolute atomic E-state index is 11.4. The van der Waals surface area contributed by atoms with E-state index in [2.05, 4.69) is 21.6 Å². The summed E-state index contributed by atoms with van der Waals surface area (Å²) in [5.41, 5.74) is 3.76. The average Bonchev–Trinajstić information content (AvgIpc) is 2.78. The molecule has 2 N–H and O–H groups in total. The number of anilines is 1. The highest BCUT2D eigenvalue weighted by Crippen LogP contribution is 2.38. The van der Waals surface area contributed by atoms with Crippen molar-refractivity contribution < 1.29 is 19.4 Å². The number of nitrogens with one attached hydrogen (secondary N) is 1. The summed E-state index contributed by atoms with van der Waals surface area (Å²) in [6.45, 7) is 5.20. The van der Waals surface area contributed by atoms with Crippen molar-refractivity contribution in [3.05, 3.63) is 47.5 Å². The van der Waals surface area contributed by atoms with Gasteiger partial charge in [-0.2, -0.15) is 0 Å². The Labute approximate surface area is 187 Å². The molecule has 0 radical (unpaired) electrons. The van der Waals surface area contributed by atoms with E-state index < -0.39 is 6.09 Å². The molecule has 32 heavy (non-hydrogen) atoms. The molecule has 1 saturated heterocycles.